The Hall–Kier alpha value is -0.730. The van der Waals surface area contributed by atoms with Crippen LogP contribution < -0.4 is 0 Å². The lowest BCUT2D eigenvalue weighted by atomic mass is 10.00. The van der Waals surface area contributed by atoms with Gasteiger partial charge >= 0.3 is 0 Å². The number of hydrogen-bond donors (Lipinski definition) is 2. The zero-order valence-corrected chi connectivity index (χ0v) is 9.02. The highest BCUT2D eigenvalue weighted by Crippen LogP contribution is 2.51. The molecule has 0 heterocycles. The van der Waals surface area contributed by atoms with E-state index in [1.165, 1.54) is 0 Å². The van der Waals surface area contributed by atoms with Crippen molar-refractivity contribution >= 4 is 11.6 Å². The summed E-state index contributed by atoms with van der Waals surface area (Å²) in [5.74, 6) is 0.0368. The Morgan fingerprint density at radius 1 is 1.36 bits per heavy atom. The van der Waals surface area contributed by atoms with Gasteiger partial charge in [0.1, 0.15) is 5.75 Å². The standard InChI is InChI=1S/C11H13ClO2/c1-6-5-8(11(14)3-4-11)10(13)9(12)7(6)2/h5,13-14H,3-4H2,1-2H3. The second-order valence-corrected chi connectivity index (χ2v) is 4.44. The summed E-state index contributed by atoms with van der Waals surface area (Å²) in [5.41, 5.74) is 1.62. The van der Waals surface area contributed by atoms with E-state index in [1.54, 1.807) is 0 Å². The second kappa shape index (κ2) is 2.88. The quantitative estimate of drug-likeness (QED) is 0.752. The van der Waals surface area contributed by atoms with Gasteiger partial charge in [0.2, 0.25) is 0 Å². The zero-order chi connectivity index (χ0) is 10.5. The molecule has 1 aliphatic rings. The van der Waals surface area contributed by atoms with E-state index >= 15 is 0 Å². The van der Waals surface area contributed by atoms with Crippen LogP contribution >= 0.6 is 11.6 Å². The highest BCUT2D eigenvalue weighted by Gasteiger charge is 2.44. The third-order valence-electron chi connectivity index (χ3n) is 2.97. The first-order valence-corrected chi connectivity index (χ1v) is 5.05. The number of benzene rings is 1. The lowest BCUT2D eigenvalue weighted by Gasteiger charge is -2.15. The lowest BCUT2D eigenvalue weighted by Crippen LogP contribution is -2.06. The minimum atomic E-state index is -0.827. The SMILES string of the molecule is Cc1cc(C2(O)CC2)c(O)c(Cl)c1C. The molecule has 0 atom stereocenters. The Bertz CT molecular complexity index is 395. The smallest absolute Gasteiger partial charge is 0.140 e. The van der Waals surface area contributed by atoms with Crippen molar-refractivity contribution in [3.8, 4) is 5.75 Å². The highest BCUT2D eigenvalue weighted by atomic mass is 35.5. The van der Waals surface area contributed by atoms with Crippen LogP contribution in [0.4, 0.5) is 0 Å². The zero-order valence-electron chi connectivity index (χ0n) is 8.26. The first kappa shape index (κ1) is 9.81. The van der Waals surface area contributed by atoms with Crippen LogP contribution in [-0.2, 0) is 5.60 Å². The Morgan fingerprint density at radius 2 is 1.93 bits per heavy atom. The van der Waals surface area contributed by atoms with Crippen molar-refractivity contribution in [3.63, 3.8) is 0 Å². The summed E-state index contributed by atoms with van der Waals surface area (Å²) >= 11 is 5.96. The van der Waals surface area contributed by atoms with Crippen LogP contribution in [0.1, 0.15) is 29.5 Å². The number of phenols is 1. The summed E-state index contributed by atoms with van der Waals surface area (Å²) < 4.78 is 0. The summed E-state index contributed by atoms with van der Waals surface area (Å²) in [6.07, 6.45) is 1.42. The summed E-state index contributed by atoms with van der Waals surface area (Å²) in [5, 5.41) is 20.0. The summed E-state index contributed by atoms with van der Waals surface area (Å²) in [4.78, 5) is 0. The van der Waals surface area contributed by atoms with Gasteiger partial charge in [-0.1, -0.05) is 11.6 Å². The van der Waals surface area contributed by atoms with E-state index < -0.39 is 5.60 Å². The lowest BCUT2D eigenvalue weighted by molar-refractivity contribution is 0.148. The number of hydrogen-bond acceptors (Lipinski definition) is 2. The molecular formula is C11H13ClO2. The largest absolute Gasteiger partial charge is 0.506 e. The van der Waals surface area contributed by atoms with E-state index in [2.05, 4.69) is 0 Å². The molecule has 1 aliphatic carbocycles. The van der Waals surface area contributed by atoms with Gasteiger partial charge in [0.25, 0.3) is 0 Å². The van der Waals surface area contributed by atoms with Gasteiger partial charge in [0, 0.05) is 5.56 Å². The van der Waals surface area contributed by atoms with E-state index in [0.717, 1.165) is 11.1 Å². The average molecular weight is 213 g/mol. The first-order valence-electron chi connectivity index (χ1n) is 4.67. The van der Waals surface area contributed by atoms with Crippen LogP contribution in [0.15, 0.2) is 6.07 Å². The van der Waals surface area contributed by atoms with Crippen molar-refractivity contribution in [1.82, 2.24) is 0 Å². The van der Waals surface area contributed by atoms with E-state index in [0.29, 0.717) is 23.4 Å². The van der Waals surface area contributed by atoms with Gasteiger partial charge in [0.15, 0.2) is 0 Å². The Balaban J connectivity index is 2.62. The van der Waals surface area contributed by atoms with Crippen molar-refractivity contribution in [2.24, 2.45) is 0 Å². The number of halogens is 1. The summed E-state index contributed by atoms with van der Waals surface area (Å²) in [7, 11) is 0. The molecule has 2 N–H and O–H groups in total. The Labute approximate surface area is 88.1 Å². The van der Waals surface area contributed by atoms with Crippen molar-refractivity contribution in [3.05, 3.63) is 27.8 Å². The predicted octanol–water partition coefficient (Wildman–Crippen LogP) is 2.64. The van der Waals surface area contributed by atoms with Gasteiger partial charge in [-0.15, -0.1) is 0 Å². The maximum absolute atomic E-state index is 9.90. The molecule has 0 saturated heterocycles. The van der Waals surface area contributed by atoms with E-state index in [1.807, 2.05) is 19.9 Å². The monoisotopic (exact) mass is 212 g/mol. The molecule has 1 fully saturated rings. The Kier molecular flexibility index (Phi) is 2.02. The second-order valence-electron chi connectivity index (χ2n) is 4.06. The molecule has 1 saturated carbocycles. The van der Waals surface area contributed by atoms with Gasteiger partial charge < -0.3 is 10.2 Å². The number of rotatable bonds is 1. The fourth-order valence-electron chi connectivity index (χ4n) is 1.60. The molecule has 1 aromatic rings. The molecular weight excluding hydrogens is 200 g/mol. The molecule has 0 aromatic heterocycles. The minimum absolute atomic E-state index is 0.0368. The van der Waals surface area contributed by atoms with Gasteiger partial charge in [-0.25, -0.2) is 0 Å². The molecule has 0 radical (unpaired) electrons. The fourth-order valence-corrected chi connectivity index (χ4v) is 1.86. The molecule has 2 nitrogen and oxygen atoms in total. The predicted molar refractivity (Wildman–Crippen MR) is 55.7 cm³/mol. The van der Waals surface area contributed by atoms with Gasteiger partial charge in [-0.2, -0.15) is 0 Å². The number of aromatic hydroxyl groups is 1. The maximum Gasteiger partial charge on any atom is 0.140 e. The molecule has 0 aliphatic heterocycles. The van der Waals surface area contributed by atoms with E-state index in [9.17, 15) is 10.2 Å². The Morgan fingerprint density at radius 3 is 2.43 bits per heavy atom. The van der Waals surface area contributed by atoms with Crippen molar-refractivity contribution in [2.45, 2.75) is 32.3 Å². The third-order valence-corrected chi connectivity index (χ3v) is 3.43. The van der Waals surface area contributed by atoms with Crippen molar-refractivity contribution in [1.29, 1.82) is 0 Å². The average Bonchev–Trinajstić information content (AvgIpc) is 2.87. The summed E-state index contributed by atoms with van der Waals surface area (Å²) in [6.45, 7) is 3.79. The van der Waals surface area contributed by atoms with Crippen LogP contribution in [-0.4, -0.2) is 10.2 Å². The van der Waals surface area contributed by atoms with Gasteiger partial charge in [0.05, 0.1) is 10.6 Å². The first-order chi connectivity index (χ1) is 6.46. The molecule has 0 unspecified atom stereocenters. The molecule has 0 amide bonds. The number of aliphatic hydroxyl groups is 1. The number of phenolic OH excluding ortho intramolecular Hbond substituents is 1. The van der Waals surface area contributed by atoms with Crippen LogP contribution in [0.2, 0.25) is 5.02 Å². The number of aryl methyl sites for hydroxylation is 1. The normalized spacial score (nSPS) is 18.3. The van der Waals surface area contributed by atoms with Crippen LogP contribution in [0.5, 0.6) is 5.75 Å². The fraction of sp³-hybridized carbons (Fsp3) is 0.455. The molecule has 1 aromatic carbocycles. The molecule has 0 spiro atoms. The van der Waals surface area contributed by atoms with Crippen LogP contribution in [0, 0.1) is 13.8 Å². The van der Waals surface area contributed by atoms with Gasteiger partial charge in [-0.05, 0) is 43.9 Å². The topological polar surface area (TPSA) is 40.5 Å². The minimum Gasteiger partial charge on any atom is -0.506 e. The molecule has 2 rings (SSSR count). The molecule has 76 valence electrons. The van der Waals surface area contributed by atoms with E-state index in [4.69, 9.17) is 11.6 Å². The van der Waals surface area contributed by atoms with Crippen molar-refractivity contribution < 1.29 is 10.2 Å². The van der Waals surface area contributed by atoms with Crippen molar-refractivity contribution in [2.75, 3.05) is 0 Å². The molecule has 0 bridgehead atoms. The third kappa shape index (κ3) is 1.30. The maximum atomic E-state index is 9.90. The summed E-state index contributed by atoms with van der Waals surface area (Å²) in [6, 6.07) is 1.82. The van der Waals surface area contributed by atoms with E-state index in [-0.39, 0.29) is 5.75 Å². The van der Waals surface area contributed by atoms with Crippen LogP contribution in [0.25, 0.3) is 0 Å². The molecule has 3 heteroatoms. The highest BCUT2D eigenvalue weighted by molar-refractivity contribution is 6.33. The van der Waals surface area contributed by atoms with Crippen LogP contribution in [0.3, 0.4) is 0 Å². The van der Waals surface area contributed by atoms with Gasteiger partial charge in [-0.3, -0.25) is 0 Å². The molecule has 14 heavy (non-hydrogen) atoms.